The summed E-state index contributed by atoms with van der Waals surface area (Å²) < 4.78 is 0. The van der Waals surface area contributed by atoms with Crippen LogP contribution >= 0.6 is 0 Å². The van der Waals surface area contributed by atoms with Crippen LogP contribution in [0.5, 0.6) is 0 Å². The number of aliphatic hydroxyl groups excluding tert-OH is 1. The van der Waals surface area contributed by atoms with Crippen LogP contribution in [-0.2, 0) is 0 Å². The first kappa shape index (κ1) is 9.92. The summed E-state index contributed by atoms with van der Waals surface area (Å²) in [5.74, 6) is 0.748. The summed E-state index contributed by atoms with van der Waals surface area (Å²) in [7, 11) is 0. The van der Waals surface area contributed by atoms with Gasteiger partial charge in [-0.2, -0.15) is 0 Å². The lowest BCUT2D eigenvalue weighted by molar-refractivity contribution is 0.160. The zero-order chi connectivity index (χ0) is 7.98. The summed E-state index contributed by atoms with van der Waals surface area (Å²) in [6.45, 7) is 4.36. The third-order valence-corrected chi connectivity index (χ3v) is 2.03. The maximum atomic E-state index is 8.77. The molecule has 0 radical (unpaired) electrons. The molecular formula is C8H19NO. The average molecular weight is 145 g/mol. The highest BCUT2D eigenvalue weighted by atomic mass is 16.3. The van der Waals surface area contributed by atoms with E-state index in [9.17, 15) is 0 Å². The second kappa shape index (κ2) is 5.69. The molecule has 10 heavy (non-hydrogen) atoms. The summed E-state index contributed by atoms with van der Waals surface area (Å²) in [5.41, 5.74) is 5.21. The van der Waals surface area contributed by atoms with Crippen molar-refractivity contribution in [3.8, 4) is 0 Å². The van der Waals surface area contributed by atoms with Gasteiger partial charge in [-0.1, -0.05) is 26.7 Å². The SMILES string of the molecule is CCC(CC)CCC(N)O. The third kappa shape index (κ3) is 4.77. The van der Waals surface area contributed by atoms with Crippen molar-refractivity contribution in [1.82, 2.24) is 0 Å². The van der Waals surface area contributed by atoms with E-state index in [0.29, 0.717) is 0 Å². The molecule has 1 unspecified atom stereocenters. The molecule has 0 aromatic heterocycles. The normalized spacial score (nSPS) is 14.1. The van der Waals surface area contributed by atoms with Crippen LogP contribution < -0.4 is 5.73 Å². The molecule has 0 aliphatic carbocycles. The van der Waals surface area contributed by atoms with Gasteiger partial charge in [0, 0.05) is 0 Å². The van der Waals surface area contributed by atoms with Crippen molar-refractivity contribution in [2.45, 2.75) is 45.8 Å². The second-order valence-corrected chi connectivity index (χ2v) is 2.83. The van der Waals surface area contributed by atoms with E-state index in [-0.39, 0.29) is 0 Å². The van der Waals surface area contributed by atoms with Crippen LogP contribution in [0, 0.1) is 5.92 Å². The smallest absolute Gasteiger partial charge is 0.102 e. The minimum atomic E-state index is -0.611. The van der Waals surface area contributed by atoms with Gasteiger partial charge in [-0.05, 0) is 18.8 Å². The zero-order valence-electron chi connectivity index (χ0n) is 7.01. The molecule has 0 aromatic rings. The molecular weight excluding hydrogens is 126 g/mol. The lowest BCUT2D eigenvalue weighted by atomic mass is 9.97. The summed E-state index contributed by atoms with van der Waals surface area (Å²) >= 11 is 0. The molecule has 0 aromatic carbocycles. The van der Waals surface area contributed by atoms with E-state index in [0.717, 1.165) is 18.8 Å². The predicted molar refractivity (Wildman–Crippen MR) is 43.5 cm³/mol. The van der Waals surface area contributed by atoms with E-state index in [4.69, 9.17) is 10.8 Å². The van der Waals surface area contributed by atoms with E-state index in [2.05, 4.69) is 13.8 Å². The van der Waals surface area contributed by atoms with Crippen LogP contribution in [0.4, 0.5) is 0 Å². The van der Waals surface area contributed by atoms with Crippen molar-refractivity contribution in [3.05, 3.63) is 0 Å². The fraction of sp³-hybridized carbons (Fsp3) is 1.00. The molecule has 0 saturated carbocycles. The van der Waals surface area contributed by atoms with E-state index in [1.807, 2.05) is 0 Å². The molecule has 0 aliphatic heterocycles. The second-order valence-electron chi connectivity index (χ2n) is 2.83. The largest absolute Gasteiger partial charge is 0.379 e. The summed E-state index contributed by atoms with van der Waals surface area (Å²) in [4.78, 5) is 0. The van der Waals surface area contributed by atoms with Gasteiger partial charge in [0.2, 0.25) is 0 Å². The Morgan fingerprint density at radius 1 is 1.20 bits per heavy atom. The number of aliphatic hydroxyl groups is 1. The predicted octanol–water partition coefficient (Wildman–Crippen LogP) is 1.48. The monoisotopic (exact) mass is 145 g/mol. The Morgan fingerprint density at radius 3 is 2.00 bits per heavy atom. The first-order chi connectivity index (χ1) is 4.70. The Balaban J connectivity index is 3.26. The molecule has 3 N–H and O–H groups in total. The Bertz CT molecular complexity index is 69.7. The molecule has 0 amide bonds. The number of nitrogens with two attached hydrogens (primary N) is 1. The van der Waals surface area contributed by atoms with Gasteiger partial charge in [-0.3, -0.25) is 0 Å². The average Bonchev–Trinajstić information content (AvgIpc) is 1.90. The highest BCUT2D eigenvalue weighted by molar-refractivity contribution is 4.56. The third-order valence-electron chi connectivity index (χ3n) is 2.03. The van der Waals surface area contributed by atoms with Crippen LogP contribution in [0.25, 0.3) is 0 Å². The molecule has 1 atom stereocenters. The summed E-state index contributed by atoms with van der Waals surface area (Å²) in [5, 5.41) is 8.77. The lowest BCUT2D eigenvalue weighted by Crippen LogP contribution is -2.19. The van der Waals surface area contributed by atoms with E-state index < -0.39 is 6.23 Å². The van der Waals surface area contributed by atoms with Crippen molar-refractivity contribution in [2.24, 2.45) is 11.7 Å². The number of rotatable bonds is 5. The van der Waals surface area contributed by atoms with Crippen LogP contribution in [0.3, 0.4) is 0 Å². The van der Waals surface area contributed by atoms with Crippen molar-refractivity contribution >= 4 is 0 Å². The highest BCUT2D eigenvalue weighted by Crippen LogP contribution is 2.14. The molecule has 62 valence electrons. The molecule has 2 nitrogen and oxygen atoms in total. The molecule has 2 heteroatoms. The molecule has 0 heterocycles. The van der Waals surface area contributed by atoms with E-state index in [1.165, 1.54) is 12.8 Å². The number of hydrogen-bond acceptors (Lipinski definition) is 2. The van der Waals surface area contributed by atoms with Gasteiger partial charge < -0.3 is 10.8 Å². The topological polar surface area (TPSA) is 46.2 Å². The van der Waals surface area contributed by atoms with Crippen LogP contribution in [-0.4, -0.2) is 11.3 Å². The minimum absolute atomic E-state index is 0.611. The fourth-order valence-corrected chi connectivity index (χ4v) is 1.10. The van der Waals surface area contributed by atoms with Gasteiger partial charge in [0.1, 0.15) is 6.23 Å². The highest BCUT2D eigenvalue weighted by Gasteiger charge is 2.04. The minimum Gasteiger partial charge on any atom is -0.379 e. The van der Waals surface area contributed by atoms with Crippen LogP contribution in [0.2, 0.25) is 0 Å². The molecule has 0 aliphatic rings. The molecule has 0 fully saturated rings. The Morgan fingerprint density at radius 2 is 1.70 bits per heavy atom. The Hall–Kier alpha value is -0.0800. The molecule has 0 saturated heterocycles. The fourth-order valence-electron chi connectivity index (χ4n) is 1.10. The maximum Gasteiger partial charge on any atom is 0.102 e. The standard InChI is InChI=1S/C8H19NO/c1-3-7(4-2)5-6-8(9)10/h7-8,10H,3-6,9H2,1-2H3. The van der Waals surface area contributed by atoms with Gasteiger partial charge in [-0.15, -0.1) is 0 Å². The van der Waals surface area contributed by atoms with Gasteiger partial charge in [0.15, 0.2) is 0 Å². The Kier molecular flexibility index (Phi) is 5.64. The van der Waals surface area contributed by atoms with Gasteiger partial charge >= 0.3 is 0 Å². The molecule has 0 rings (SSSR count). The summed E-state index contributed by atoms with van der Waals surface area (Å²) in [6.07, 6.45) is 3.59. The van der Waals surface area contributed by atoms with Crippen LogP contribution in [0.1, 0.15) is 39.5 Å². The van der Waals surface area contributed by atoms with Crippen molar-refractivity contribution in [1.29, 1.82) is 0 Å². The quantitative estimate of drug-likeness (QED) is 0.576. The van der Waals surface area contributed by atoms with E-state index in [1.54, 1.807) is 0 Å². The van der Waals surface area contributed by atoms with E-state index >= 15 is 0 Å². The first-order valence-electron chi connectivity index (χ1n) is 4.14. The zero-order valence-corrected chi connectivity index (χ0v) is 7.01. The summed E-state index contributed by atoms with van der Waals surface area (Å²) in [6, 6.07) is 0. The molecule has 0 spiro atoms. The van der Waals surface area contributed by atoms with Gasteiger partial charge in [0.25, 0.3) is 0 Å². The maximum absolute atomic E-state index is 8.77. The first-order valence-corrected chi connectivity index (χ1v) is 4.14. The molecule has 0 bridgehead atoms. The number of hydrogen-bond donors (Lipinski definition) is 2. The van der Waals surface area contributed by atoms with Crippen LogP contribution in [0.15, 0.2) is 0 Å². The van der Waals surface area contributed by atoms with Crippen molar-refractivity contribution < 1.29 is 5.11 Å². The van der Waals surface area contributed by atoms with Crippen molar-refractivity contribution in [3.63, 3.8) is 0 Å². The Labute approximate surface area is 63.4 Å². The van der Waals surface area contributed by atoms with Crippen molar-refractivity contribution in [2.75, 3.05) is 0 Å². The van der Waals surface area contributed by atoms with Gasteiger partial charge in [-0.25, -0.2) is 0 Å². The lowest BCUT2D eigenvalue weighted by Gasteiger charge is -2.12. The van der Waals surface area contributed by atoms with Gasteiger partial charge in [0.05, 0.1) is 0 Å².